The molecular weight excluding hydrogens is 346 g/mol. The van der Waals surface area contributed by atoms with Gasteiger partial charge in [-0.3, -0.25) is 9.78 Å². The van der Waals surface area contributed by atoms with Gasteiger partial charge < -0.3 is 9.88 Å². The Kier molecular flexibility index (Phi) is 6.29. The number of amides is 1. The lowest BCUT2D eigenvalue weighted by Gasteiger charge is -2.17. The van der Waals surface area contributed by atoms with E-state index in [1.807, 2.05) is 19.1 Å². The van der Waals surface area contributed by atoms with Gasteiger partial charge in [-0.15, -0.1) is 10.2 Å². The Bertz CT molecular complexity index is 725. The van der Waals surface area contributed by atoms with Crippen molar-refractivity contribution < 1.29 is 4.79 Å². The van der Waals surface area contributed by atoms with Crippen LogP contribution in [0.1, 0.15) is 46.5 Å². The van der Waals surface area contributed by atoms with Gasteiger partial charge in [-0.25, -0.2) is 0 Å². The first kappa shape index (κ1) is 18.9. The minimum absolute atomic E-state index is 0.0870. The number of thioether (sulfide) groups is 1. The Balaban J connectivity index is 1.76. The summed E-state index contributed by atoms with van der Waals surface area (Å²) in [5.41, 5.74) is 0.940. The van der Waals surface area contributed by atoms with Crippen molar-refractivity contribution in [3.63, 3.8) is 0 Å². The fraction of sp³-hybridized carbons (Fsp3) is 0.579. The Morgan fingerprint density at radius 2 is 2.08 bits per heavy atom. The summed E-state index contributed by atoms with van der Waals surface area (Å²) in [6, 6.07) is 4.22. The maximum Gasteiger partial charge on any atom is 0.233 e. The van der Waals surface area contributed by atoms with Gasteiger partial charge in [0.15, 0.2) is 11.0 Å². The number of nitrogens with zero attached hydrogens (tertiary/aromatic N) is 4. The van der Waals surface area contributed by atoms with Gasteiger partial charge in [0, 0.05) is 30.5 Å². The van der Waals surface area contributed by atoms with Gasteiger partial charge in [0.1, 0.15) is 0 Å². The van der Waals surface area contributed by atoms with Gasteiger partial charge in [0.2, 0.25) is 5.91 Å². The molecule has 2 heterocycles. The van der Waals surface area contributed by atoms with Gasteiger partial charge in [-0.2, -0.15) is 0 Å². The van der Waals surface area contributed by atoms with E-state index < -0.39 is 0 Å². The minimum atomic E-state index is -0.201. The largest absolute Gasteiger partial charge is 0.352 e. The summed E-state index contributed by atoms with van der Waals surface area (Å²) in [5.74, 6) is 1.34. The van der Waals surface area contributed by atoms with Gasteiger partial charge in [0.05, 0.1) is 5.25 Å². The summed E-state index contributed by atoms with van der Waals surface area (Å²) in [6.07, 6.45) is 8.16. The third-order valence-electron chi connectivity index (χ3n) is 4.54. The van der Waals surface area contributed by atoms with E-state index in [1.165, 1.54) is 24.6 Å². The Morgan fingerprint density at radius 1 is 1.31 bits per heavy atom. The first-order valence-electron chi connectivity index (χ1n) is 9.35. The van der Waals surface area contributed by atoms with Crippen molar-refractivity contribution >= 4 is 17.7 Å². The van der Waals surface area contributed by atoms with Crippen molar-refractivity contribution in [3.8, 4) is 11.4 Å². The van der Waals surface area contributed by atoms with Gasteiger partial charge in [-0.1, -0.05) is 38.5 Å². The fourth-order valence-electron chi connectivity index (χ4n) is 3.21. The van der Waals surface area contributed by atoms with Gasteiger partial charge >= 0.3 is 0 Å². The van der Waals surface area contributed by atoms with E-state index in [0.29, 0.717) is 12.0 Å². The van der Waals surface area contributed by atoms with Crippen molar-refractivity contribution in [1.82, 2.24) is 25.1 Å². The molecule has 2 aromatic heterocycles. The maximum atomic E-state index is 12.5. The summed E-state index contributed by atoms with van der Waals surface area (Å²) >= 11 is 1.48. The van der Waals surface area contributed by atoms with Crippen LogP contribution in [0.15, 0.2) is 29.7 Å². The third-order valence-corrected chi connectivity index (χ3v) is 5.62. The minimum Gasteiger partial charge on any atom is -0.352 e. The molecule has 1 saturated carbocycles. The monoisotopic (exact) mass is 373 g/mol. The second-order valence-corrected chi connectivity index (χ2v) is 8.61. The molecule has 1 atom stereocenters. The molecule has 2 aromatic rings. The molecule has 0 radical (unpaired) electrons. The van der Waals surface area contributed by atoms with Gasteiger partial charge in [0.25, 0.3) is 0 Å². The molecule has 26 heavy (non-hydrogen) atoms. The van der Waals surface area contributed by atoms with Crippen molar-refractivity contribution in [1.29, 1.82) is 0 Å². The second-order valence-electron chi connectivity index (χ2n) is 7.30. The first-order valence-corrected chi connectivity index (χ1v) is 10.2. The Morgan fingerprint density at radius 3 is 2.73 bits per heavy atom. The number of nitrogens with one attached hydrogen (secondary N) is 1. The Hall–Kier alpha value is -1.89. The lowest BCUT2D eigenvalue weighted by atomic mass is 10.2. The molecule has 1 fully saturated rings. The van der Waals surface area contributed by atoms with Crippen LogP contribution in [-0.4, -0.2) is 36.9 Å². The molecule has 1 aliphatic carbocycles. The second kappa shape index (κ2) is 8.66. The predicted octanol–water partition coefficient (Wildman–Crippen LogP) is 3.54. The fourth-order valence-corrected chi connectivity index (χ4v) is 4.08. The zero-order valence-electron chi connectivity index (χ0n) is 15.7. The molecule has 0 aromatic carbocycles. The van der Waals surface area contributed by atoms with Crippen molar-refractivity contribution in [3.05, 3.63) is 24.5 Å². The lowest BCUT2D eigenvalue weighted by molar-refractivity contribution is -0.120. The van der Waals surface area contributed by atoms with E-state index in [2.05, 4.69) is 38.9 Å². The van der Waals surface area contributed by atoms with E-state index in [9.17, 15) is 4.79 Å². The summed E-state index contributed by atoms with van der Waals surface area (Å²) in [4.78, 5) is 16.7. The number of carbonyl (C=O) groups excluding carboxylic acids is 1. The van der Waals surface area contributed by atoms with Crippen LogP contribution in [0, 0.1) is 5.92 Å². The zero-order chi connectivity index (χ0) is 18.5. The molecule has 0 spiro atoms. The normalized spacial score (nSPS) is 16.2. The molecule has 140 valence electrons. The highest BCUT2D eigenvalue weighted by Crippen LogP contribution is 2.28. The van der Waals surface area contributed by atoms with Crippen molar-refractivity contribution in [2.24, 2.45) is 5.92 Å². The van der Waals surface area contributed by atoms with Crippen LogP contribution >= 0.6 is 11.8 Å². The van der Waals surface area contributed by atoms with Crippen LogP contribution in [0.2, 0.25) is 0 Å². The SMILES string of the molecule is CC(C)Cn1c(S[C@@H](C)C(=O)NC2CCCC2)nnc1-c1cccnc1. The van der Waals surface area contributed by atoms with E-state index >= 15 is 0 Å². The molecule has 1 aliphatic rings. The summed E-state index contributed by atoms with van der Waals surface area (Å²) in [7, 11) is 0. The molecule has 0 unspecified atom stereocenters. The topological polar surface area (TPSA) is 72.7 Å². The predicted molar refractivity (Wildman–Crippen MR) is 104 cm³/mol. The summed E-state index contributed by atoms with van der Waals surface area (Å²) in [5, 5.41) is 12.5. The molecule has 1 amide bonds. The lowest BCUT2D eigenvalue weighted by Crippen LogP contribution is -2.37. The number of aromatic nitrogens is 4. The van der Waals surface area contributed by atoms with E-state index in [-0.39, 0.29) is 11.2 Å². The maximum absolute atomic E-state index is 12.5. The standard InChI is InChI=1S/C19H27N5OS/c1-13(2)12-24-17(15-7-6-10-20-11-15)22-23-19(24)26-14(3)18(25)21-16-8-4-5-9-16/h6-7,10-11,13-14,16H,4-5,8-9,12H2,1-3H3,(H,21,25)/t14-/m0/s1. The van der Waals surface area contributed by atoms with Crippen LogP contribution in [-0.2, 0) is 11.3 Å². The Labute approximate surface area is 159 Å². The average Bonchev–Trinajstić information content (AvgIpc) is 3.26. The number of hydrogen-bond acceptors (Lipinski definition) is 5. The molecule has 3 rings (SSSR count). The molecule has 1 N–H and O–H groups in total. The number of hydrogen-bond donors (Lipinski definition) is 1. The van der Waals surface area contributed by atoms with Gasteiger partial charge in [-0.05, 0) is 37.8 Å². The highest BCUT2D eigenvalue weighted by Gasteiger charge is 2.24. The summed E-state index contributed by atoms with van der Waals surface area (Å²) in [6.45, 7) is 7.07. The molecule has 0 saturated heterocycles. The molecular formula is C19H27N5OS. The molecule has 7 heteroatoms. The smallest absolute Gasteiger partial charge is 0.233 e. The first-order chi connectivity index (χ1) is 12.5. The third kappa shape index (κ3) is 4.63. The molecule has 6 nitrogen and oxygen atoms in total. The van der Waals surface area contributed by atoms with Crippen LogP contribution in [0.25, 0.3) is 11.4 Å². The molecule has 0 bridgehead atoms. The molecule has 0 aliphatic heterocycles. The quantitative estimate of drug-likeness (QED) is 0.752. The van der Waals surface area contributed by atoms with Crippen molar-refractivity contribution in [2.45, 2.75) is 69.4 Å². The number of carbonyl (C=O) groups is 1. The van der Waals surface area contributed by atoms with E-state index in [4.69, 9.17) is 0 Å². The highest BCUT2D eigenvalue weighted by atomic mass is 32.2. The number of pyridine rings is 1. The number of rotatable bonds is 7. The van der Waals surface area contributed by atoms with Crippen molar-refractivity contribution in [2.75, 3.05) is 0 Å². The zero-order valence-corrected chi connectivity index (χ0v) is 16.5. The average molecular weight is 374 g/mol. The van der Waals surface area contributed by atoms with Crippen LogP contribution in [0.3, 0.4) is 0 Å². The highest BCUT2D eigenvalue weighted by molar-refractivity contribution is 8.00. The van der Waals surface area contributed by atoms with Crippen LogP contribution in [0.5, 0.6) is 0 Å². The van der Waals surface area contributed by atoms with Crippen LogP contribution < -0.4 is 5.32 Å². The van der Waals surface area contributed by atoms with E-state index in [1.54, 1.807) is 12.4 Å². The van der Waals surface area contributed by atoms with E-state index in [0.717, 1.165) is 35.9 Å². The summed E-state index contributed by atoms with van der Waals surface area (Å²) < 4.78 is 2.10. The van der Waals surface area contributed by atoms with Crippen LogP contribution in [0.4, 0.5) is 0 Å².